The summed E-state index contributed by atoms with van der Waals surface area (Å²) in [7, 11) is 3.82. The summed E-state index contributed by atoms with van der Waals surface area (Å²) >= 11 is 0. The van der Waals surface area contributed by atoms with Crippen LogP contribution in [0.15, 0.2) is 55.1 Å². The Balaban J connectivity index is 1.56. The average Bonchev–Trinajstić information content (AvgIpc) is 3.15. The number of carbonyl (C=O) groups excluding carboxylic acids is 1. The zero-order chi connectivity index (χ0) is 17.6. The van der Waals surface area contributed by atoms with E-state index in [0.29, 0.717) is 18.1 Å². The second-order valence-electron chi connectivity index (χ2n) is 5.58. The fraction of sp³-hybridized carbons (Fsp3) is 0.176. The number of amides is 2. The van der Waals surface area contributed by atoms with Gasteiger partial charge in [-0.1, -0.05) is 0 Å². The molecule has 0 aliphatic heterocycles. The maximum atomic E-state index is 12.0. The van der Waals surface area contributed by atoms with Crippen LogP contribution >= 0.6 is 0 Å². The molecule has 128 valence electrons. The molecule has 3 aromatic rings. The first-order valence-electron chi connectivity index (χ1n) is 7.75. The highest BCUT2D eigenvalue weighted by molar-refractivity contribution is 5.89. The number of hydrogen-bond donors (Lipinski definition) is 2. The first-order chi connectivity index (χ1) is 12.1. The van der Waals surface area contributed by atoms with E-state index in [1.807, 2.05) is 55.5 Å². The molecule has 0 aliphatic rings. The predicted octanol–water partition coefficient (Wildman–Crippen LogP) is 2.05. The van der Waals surface area contributed by atoms with Gasteiger partial charge in [-0.15, -0.1) is 0 Å². The predicted molar refractivity (Wildman–Crippen MR) is 95.8 cm³/mol. The molecular weight excluding hydrogens is 318 g/mol. The van der Waals surface area contributed by atoms with Crippen molar-refractivity contribution < 1.29 is 4.79 Å². The minimum Gasteiger partial charge on any atom is -0.363 e. The molecule has 0 unspecified atom stereocenters. The van der Waals surface area contributed by atoms with E-state index in [0.717, 1.165) is 11.4 Å². The minimum atomic E-state index is -0.295. The van der Waals surface area contributed by atoms with E-state index in [2.05, 4.69) is 25.7 Å². The molecule has 3 rings (SSSR count). The van der Waals surface area contributed by atoms with Crippen LogP contribution < -0.4 is 15.5 Å². The molecule has 0 spiro atoms. The lowest BCUT2D eigenvalue weighted by molar-refractivity contribution is 0.251. The third-order valence-electron chi connectivity index (χ3n) is 3.47. The van der Waals surface area contributed by atoms with Crippen molar-refractivity contribution in [2.24, 2.45) is 0 Å². The number of pyridine rings is 2. The van der Waals surface area contributed by atoms with E-state index in [1.165, 1.54) is 0 Å². The average molecular weight is 337 g/mol. The molecule has 8 heteroatoms. The lowest BCUT2D eigenvalue weighted by atomic mass is 10.2. The summed E-state index contributed by atoms with van der Waals surface area (Å²) in [5, 5.41) is 9.71. The van der Waals surface area contributed by atoms with Crippen LogP contribution in [-0.2, 0) is 6.54 Å². The number of urea groups is 1. The van der Waals surface area contributed by atoms with Crippen molar-refractivity contribution in [2.75, 3.05) is 24.3 Å². The highest BCUT2D eigenvalue weighted by Crippen LogP contribution is 2.11. The zero-order valence-electron chi connectivity index (χ0n) is 14.0. The monoisotopic (exact) mass is 337 g/mol. The number of carbonyl (C=O) groups is 1. The van der Waals surface area contributed by atoms with Gasteiger partial charge >= 0.3 is 6.03 Å². The molecule has 25 heavy (non-hydrogen) atoms. The Morgan fingerprint density at radius 3 is 2.76 bits per heavy atom. The van der Waals surface area contributed by atoms with Gasteiger partial charge in [0, 0.05) is 39.2 Å². The van der Waals surface area contributed by atoms with Gasteiger partial charge in [-0.25, -0.2) is 19.4 Å². The van der Waals surface area contributed by atoms with E-state index >= 15 is 0 Å². The van der Waals surface area contributed by atoms with E-state index in [9.17, 15) is 4.79 Å². The minimum absolute atomic E-state index is 0.295. The van der Waals surface area contributed by atoms with Crippen molar-refractivity contribution >= 4 is 17.5 Å². The maximum absolute atomic E-state index is 12.0. The second-order valence-corrected chi connectivity index (χ2v) is 5.58. The van der Waals surface area contributed by atoms with Gasteiger partial charge in [0.25, 0.3) is 0 Å². The first kappa shape index (κ1) is 16.4. The summed E-state index contributed by atoms with van der Waals surface area (Å²) < 4.78 is 1.67. The number of nitrogens with one attached hydrogen (secondary N) is 2. The zero-order valence-corrected chi connectivity index (χ0v) is 14.0. The van der Waals surface area contributed by atoms with Gasteiger partial charge in [-0.05, 0) is 35.9 Å². The highest BCUT2D eigenvalue weighted by Gasteiger charge is 2.05. The maximum Gasteiger partial charge on any atom is 0.319 e. The van der Waals surface area contributed by atoms with E-state index in [-0.39, 0.29) is 6.03 Å². The Morgan fingerprint density at radius 1 is 1.20 bits per heavy atom. The van der Waals surface area contributed by atoms with Crippen LogP contribution in [0.5, 0.6) is 0 Å². The van der Waals surface area contributed by atoms with Crippen molar-refractivity contribution in [3.8, 4) is 5.82 Å². The van der Waals surface area contributed by atoms with Gasteiger partial charge in [-0.2, -0.15) is 5.10 Å². The Morgan fingerprint density at radius 2 is 2.08 bits per heavy atom. The highest BCUT2D eigenvalue weighted by atomic mass is 16.2. The molecule has 0 saturated heterocycles. The molecule has 0 atom stereocenters. The van der Waals surface area contributed by atoms with Gasteiger partial charge in [0.2, 0.25) is 0 Å². The van der Waals surface area contributed by atoms with Crippen LogP contribution in [0.3, 0.4) is 0 Å². The molecule has 0 bridgehead atoms. The van der Waals surface area contributed by atoms with Gasteiger partial charge in [0.05, 0.1) is 11.9 Å². The first-order valence-corrected chi connectivity index (χ1v) is 7.75. The second kappa shape index (κ2) is 7.43. The van der Waals surface area contributed by atoms with Crippen LogP contribution in [-0.4, -0.2) is 39.9 Å². The molecule has 0 saturated carbocycles. The molecule has 2 N–H and O–H groups in total. The van der Waals surface area contributed by atoms with E-state index in [4.69, 9.17) is 0 Å². The Hall–Kier alpha value is -3.42. The fourth-order valence-corrected chi connectivity index (χ4v) is 2.18. The van der Waals surface area contributed by atoms with Crippen molar-refractivity contribution in [1.29, 1.82) is 0 Å². The molecule has 8 nitrogen and oxygen atoms in total. The molecule has 0 radical (unpaired) electrons. The van der Waals surface area contributed by atoms with Crippen molar-refractivity contribution in [3.05, 3.63) is 60.7 Å². The lowest BCUT2D eigenvalue weighted by Gasteiger charge is -2.12. The van der Waals surface area contributed by atoms with Crippen LogP contribution in [0, 0.1) is 0 Å². The molecule has 2 amide bonds. The Labute approximate surface area is 145 Å². The van der Waals surface area contributed by atoms with Crippen LogP contribution in [0.1, 0.15) is 5.56 Å². The van der Waals surface area contributed by atoms with E-state index in [1.54, 1.807) is 23.3 Å². The van der Waals surface area contributed by atoms with Crippen LogP contribution in [0.25, 0.3) is 5.82 Å². The van der Waals surface area contributed by atoms with Crippen molar-refractivity contribution in [3.63, 3.8) is 0 Å². The molecule has 0 aliphatic carbocycles. The SMILES string of the molecule is CN(C)c1ccc(NC(=O)NCc2ccnc(-n3cccn3)c2)cn1. The van der Waals surface area contributed by atoms with Gasteiger partial charge in [0.15, 0.2) is 5.82 Å². The molecule has 0 fully saturated rings. The van der Waals surface area contributed by atoms with Gasteiger partial charge < -0.3 is 15.5 Å². The summed E-state index contributed by atoms with van der Waals surface area (Å²) in [4.78, 5) is 22.4. The standard InChI is InChI=1S/C17H19N7O/c1-23(2)15-5-4-14(12-19-15)22-17(25)20-11-13-6-8-18-16(10-13)24-9-3-7-21-24/h3-10,12H,11H2,1-2H3,(H2,20,22,25). The summed E-state index contributed by atoms with van der Waals surface area (Å²) in [6.45, 7) is 0.381. The molecular formula is C17H19N7O. The quantitative estimate of drug-likeness (QED) is 0.744. The molecule has 3 heterocycles. The third-order valence-corrected chi connectivity index (χ3v) is 3.47. The normalized spacial score (nSPS) is 10.3. The number of aromatic nitrogens is 4. The molecule has 0 aromatic carbocycles. The number of rotatable bonds is 5. The van der Waals surface area contributed by atoms with Crippen molar-refractivity contribution in [1.82, 2.24) is 25.1 Å². The third kappa shape index (κ3) is 4.31. The smallest absolute Gasteiger partial charge is 0.319 e. The number of anilines is 2. The van der Waals surface area contributed by atoms with Crippen molar-refractivity contribution in [2.45, 2.75) is 6.54 Å². The van der Waals surface area contributed by atoms with Crippen LogP contribution in [0.4, 0.5) is 16.3 Å². The summed E-state index contributed by atoms with van der Waals surface area (Å²) in [6.07, 6.45) is 6.82. The fourth-order valence-electron chi connectivity index (χ4n) is 2.18. The Kier molecular flexibility index (Phi) is 4.89. The van der Waals surface area contributed by atoms with Gasteiger partial charge in [0.1, 0.15) is 5.82 Å². The van der Waals surface area contributed by atoms with Crippen LogP contribution in [0.2, 0.25) is 0 Å². The number of hydrogen-bond acceptors (Lipinski definition) is 5. The Bertz CT molecular complexity index is 828. The largest absolute Gasteiger partial charge is 0.363 e. The summed E-state index contributed by atoms with van der Waals surface area (Å²) in [5.74, 6) is 1.53. The topological polar surface area (TPSA) is 88.0 Å². The van der Waals surface area contributed by atoms with E-state index < -0.39 is 0 Å². The lowest BCUT2D eigenvalue weighted by Crippen LogP contribution is -2.28. The molecule has 3 aromatic heterocycles. The summed E-state index contributed by atoms with van der Waals surface area (Å²) in [5.41, 5.74) is 1.56. The number of nitrogens with zero attached hydrogens (tertiary/aromatic N) is 5. The summed E-state index contributed by atoms with van der Waals surface area (Å²) in [6, 6.07) is 8.91. The van der Waals surface area contributed by atoms with Gasteiger partial charge in [-0.3, -0.25) is 0 Å².